The fraction of sp³-hybridized carbons (Fsp3) is 0.655. The normalized spacial score (nSPS) is 23.2. The fourth-order valence-electron chi connectivity index (χ4n) is 7.08. The number of carboxylic acid groups (broad SMARTS) is 1. The number of benzene rings is 1. The molecule has 1 amide bonds. The van der Waals surface area contributed by atoms with Gasteiger partial charge in [0.1, 0.15) is 5.82 Å². The number of aromatic carboxylic acids is 1. The van der Waals surface area contributed by atoms with Crippen molar-refractivity contribution in [3.05, 3.63) is 46.5 Å². The summed E-state index contributed by atoms with van der Waals surface area (Å²) in [7, 11) is -3.16. The van der Waals surface area contributed by atoms with Crippen LogP contribution >= 0.6 is 0 Å². The molecule has 42 heavy (non-hydrogen) atoms. The molecule has 1 atom stereocenters. The molecule has 1 saturated carbocycles. The van der Waals surface area contributed by atoms with Crippen LogP contribution in [0.15, 0.2) is 18.3 Å². The van der Waals surface area contributed by atoms with Gasteiger partial charge in [0.2, 0.25) is 15.9 Å². The average molecular weight is 603 g/mol. The first kappa shape index (κ1) is 29.2. The number of carbonyl (C=O) groups is 2. The van der Waals surface area contributed by atoms with Gasteiger partial charge in [0, 0.05) is 62.9 Å². The van der Waals surface area contributed by atoms with Crippen LogP contribution in [0.5, 0.6) is 0 Å². The topological polar surface area (TPSA) is 129 Å². The Bertz CT molecular complexity index is 1470. The maximum atomic E-state index is 14.6. The van der Waals surface area contributed by atoms with Gasteiger partial charge in [-0.1, -0.05) is 5.21 Å². The van der Waals surface area contributed by atoms with Crippen LogP contribution in [0.25, 0.3) is 0 Å². The summed E-state index contributed by atoms with van der Waals surface area (Å²) in [6, 6.07) is 2.81. The molecule has 1 unspecified atom stereocenters. The van der Waals surface area contributed by atoms with E-state index in [4.69, 9.17) is 0 Å². The van der Waals surface area contributed by atoms with E-state index in [0.717, 1.165) is 63.9 Å². The zero-order valence-corrected chi connectivity index (χ0v) is 24.9. The van der Waals surface area contributed by atoms with Crippen molar-refractivity contribution in [2.75, 3.05) is 39.0 Å². The van der Waals surface area contributed by atoms with Gasteiger partial charge in [0.25, 0.3) is 0 Å². The Morgan fingerprint density at radius 3 is 2.55 bits per heavy atom. The number of aromatic nitrogens is 3. The van der Waals surface area contributed by atoms with E-state index in [1.54, 1.807) is 4.90 Å². The fourth-order valence-corrected chi connectivity index (χ4v) is 7.95. The number of amides is 1. The molecule has 2 aromatic rings. The molecule has 11 nitrogen and oxygen atoms in total. The number of sulfonamides is 1. The third kappa shape index (κ3) is 6.09. The molecule has 3 aliphatic heterocycles. The van der Waals surface area contributed by atoms with Crippen molar-refractivity contribution < 1.29 is 27.5 Å². The van der Waals surface area contributed by atoms with E-state index in [1.807, 2.05) is 10.9 Å². The molecule has 4 heterocycles. The minimum atomic E-state index is -3.16. The molecule has 2 saturated heterocycles. The van der Waals surface area contributed by atoms with Crippen molar-refractivity contribution in [2.45, 2.75) is 76.4 Å². The molecule has 4 aliphatic rings. The first-order chi connectivity index (χ1) is 20.0. The second kappa shape index (κ2) is 11.3. The number of fused-ring (bicyclic) bond motifs is 1. The van der Waals surface area contributed by atoms with Crippen molar-refractivity contribution in [2.24, 2.45) is 5.41 Å². The monoisotopic (exact) mass is 602 g/mol. The van der Waals surface area contributed by atoms with Crippen LogP contribution in [0, 0.1) is 11.2 Å². The summed E-state index contributed by atoms with van der Waals surface area (Å²) in [6.45, 7) is 4.09. The number of carboxylic acids is 1. The summed E-state index contributed by atoms with van der Waals surface area (Å²) in [6.07, 6.45) is 9.65. The van der Waals surface area contributed by atoms with Crippen LogP contribution in [-0.2, 0) is 34.3 Å². The van der Waals surface area contributed by atoms with Crippen LogP contribution in [0.2, 0.25) is 0 Å². The minimum Gasteiger partial charge on any atom is -0.478 e. The number of hydrogen-bond acceptors (Lipinski definition) is 7. The van der Waals surface area contributed by atoms with Gasteiger partial charge in [0.05, 0.1) is 24.1 Å². The highest BCUT2D eigenvalue weighted by atomic mass is 32.2. The van der Waals surface area contributed by atoms with Crippen molar-refractivity contribution in [3.8, 4) is 0 Å². The van der Waals surface area contributed by atoms with Crippen LogP contribution in [0.3, 0.4) is 0 Å². The van der Waals surface area contributed by atoms with Crippen LogP contribution < -0.4 is 0 Å². The lowest BCUT2D eigenvalue weighted by atomic mass is 9.93. The highest BCUT2D eigenvalue weighted by Crippen LogP contribution is 2.50. The molecule has 0 radical (unpaired) electrons. The quantitative estimate of drug-likeness (QED) is 0.464. The number of carbonyl (C=O) groups excluding carboxylic acids is 1. The maximum absolute atomic E-state index is 14.6. The molecule has 1 aromatic heterocycles. The molecular formula is C29H39FN6O5S. The SMILES string of the molecule is CS(=O)(=O)N1CCC(c2cn(CC3CCCN3CC3(CC(=O)N4CCc5c(C(=O)O)ccc(F)c5C4)CC3)nn2)CC1. The predicted molar refractivity (Wildman–Crippen MR) is 152 cm³/mol. The largest absolute Gasteiger partial charge is 0.478 e. The second-order valence-corrected chi connectivity index (χ2v) is 14.7. The van der Waals surface area contributed by atoms with Crippen molar-refractivity contribution in [3.63, 3.8) is 0 Å². The smallest absolute Gasteiger partial charge is 0.335 e. The van der Waals surface area contributed by atoms with E-state index in [2.05, 4.69) is 15.2 Å². The molecule has 6 rings (SSSR count). The average Bonchev–Trinajstić information content (AvgIpc) is 3.32. The van der Waals surface area contributed by atoms with Gasteiger partial charge >= 0.3 is 5.97 Å². The van der Waals surface area contributed by atoms with Gasteiger partial charge < -0.3 is 10.0 Å². The third-order valence-corrected chi connectivity index (χ3v) is 11.1. The molecule has 1 aliphatic carbocycles. The molecule has 1 N–H and O–H groups in total. The van der Waals surface area contributed by atoms with Gasteiger partial charge in [-0.15, -0.1) is 5.10 Å². The Morgan fingerprint density at radius 1 is 1.10 bits per heavy atom. The zero-order valence-electron chi connectivity index (χ0n) is 24.0. The van der Waals surface area contributed by atoms with Gasteiger partial charge in [-0.05, 0) is 74.6 Å². The molecule has 1 aromatic carbocycles. The Morgan fingerprint density at radius 2 is 1.86 bits per heavy atom. The van der Waals surface area contributed by atoms with Gasteiger partial charge in [-0.25, -0.2) is 21.9 Å². The molecule has 13 heteroatoms. The Labute approximate surface area is 245 Å². The number of halogens is 1. The van der Waals surface area contributed by atoms with Crippen molar-refractivity contribution >= 4 is 21.9 Å². The first-order valence-corrected chi connectivity index (χ1v) is 16.8. The lowest BCUT2D eigenvalue weighted by Gasteiger charge is -2.33. The highest BCUT2D eigenvalue weighted by Gasteiger charge is 2.48. The van der Waals surface area contributed by atoms with Gasteiger partial charge in [0.15, 0.2) is 0 Å². The summed E-state index contributed by atoms with van der Waals surface area (Å²) >= 11 is 0. The number of likely N-dealkylation sites (tertiary alicyclic amines) is 1. The van der Waals surface area contributed by atoms with Crippen LogP contribution in [0.4, 0.5) is 4.39 Å². The standard InChI is InChI=1S/C29H39FN6O5S/c1-42(40,41)36-13-6-20(7-14-36)26-18-35(32-31-26)16-21-3-2-11-34(21)19-29(9-10-29)15-27(37)33-12-8-22-23(28(38)39)4-5-25(30)24(22)17-33/h4-5,18,20-21H,2-3,6-17,19H2,1H3,(H,38,39). The number of piperidine rings is 1. The summed E-state index contributed by atoms with van der Waals surface area (Å²) in [5.41, 5.74) is 1.80. The summed E-state index contributed by atoms with van der Waals surface area (Å²) in [5, 5.41) is 18.3. The molecule has 3 fully saturated rings. The van der Waals surface area contributed by atoms with E-state index in [0.29, 0.717) is 49.6 Å². The van der Waals surface area contributed by atoms with E-state index in [1.165, 1.54) is 22.7 Å². The maximum Gasteiger partial charge on any atom is 0.335 e. The molecular weight excluding hydrogens is 563 g/mol. The number of hydrogen-bond donors (Lipinski definition) is 1. The van der Waals surface area contributed by atoms with Gasteiger partial charge in [-0.2, -0.15) is 0 Å². The summed E-state index contributed by atoms with van der Waals surface area (Å²) < 4.78 is 41.7. The second-order valence-electron chi connectivity index (χ2n) is 12.7. The molecule has 228 valence electrons. The Kier molecular flexibility index (Phi) is 7.86. The van der Waals surface area contributed by atoms with Gasteiger partial charge in [-0.3, -0.25) is 14.4 Å². The predicted octanol–water partition coefficient (Wildman–Crippen LogP) is 2.47. The van der Waals surface area contributed by atoms with Crippen LogP contribution in [-0.4, -0.2) is 99.5 Å². The number of rotatable bonds is 9. The number of nitrogens with zero attached hydrogens (tertiary/aromatic N) is 6. The molecule has 0 bridgehead atoms. The summed E-state index contributed by atoms with van der Waals surface area (Å²) in [5.74, 6) is -1.30. The van der Waals surface area contributed by atoms with Crippen LogP contribution in [0.1, 0.15) is 78.0 Å². The van der Waals surface area contributed by atoms with Crippen molar-refractivity contribution in [1.82, 2.24) is 29.1 Å². The lowest BCUT2D eigenvalue weighted by molar-refractivity contribution is -0.133. The lowest BCUT2D eigenvalue weighted by Crippen LogP contribution is -2.41. The zero-order chi connectivity index (χ0) is 29.6. The van der Waals surface area contributed by atoms with E-state index in [9.17, 15) is 27.5 Å². The van der Waals surface area contributed by atoms with E-state index in [-0.39, 0.29) is 29.3 Å². The minimum absolute atomic E-state index is 0.0110. The summed E-state index contributed by atoms with van der Waals surface area (Å²) in [4.78, 5) is 29.1. The van der Waals surface area contributed by atoms with E-state index >= 15 is 0 Å². The van der Waals surface area contributed by atoms with E-state index < -0.39 is 21.8 Å². The highest BCUT2D eigenvalue weighted by molar-refractivity contribution is 7.88. The van der Waals surface area contributed by atoms with Crippen molar-refractivity contribution in [1.29, 1.82) is 0 Å². The first-order valence-electron chi connectivity index (χ1n) is 14.9. The molecule has 0 spiro atoms. The Balaban J connectivity index is 1.04. The third-order valence-electron chi connectivity index (χ3n) is 9.75. The Hall–Kier alpha value is -2.90.